The normalized spacial score (nSPS) is 9.47. The first kappa shape index (κ1) is 13.3. The zero-order valence-electron chi connectivity index (χ0n) is 9.02. The first-order valence-electron chi connectivity index (χ1n) is 4.89. The maximum Gasteiger partial charge on any atom is 0.516 e. The lowest BCUT2D eigenvalue weighted by Crippen LogP contribution is -2.14. The van der Waals surface area contributed by atoms with Gasteiger partial charge in [0.2, 0.25) is 0 Å². The van der Waals surface area contributed by atoms with Crippen molar-refractivity contribution >= 4 is 23.7 Å². The molecule has 0 atom stereocenters. The summed E-state index contributed by atoms with van der Waals surface area (Å²) in [4.78, 5) is 22.5. The van der Waals surface area contributed by atoms with Crippen molar-refractivity contribution in [1.29, 1.82) is 0 Å². The molecule has 0 fully saturated rings. The smallest absolute Gasteiger partial charge is 0.434 e. The highest BCUT2D eigenvalue weighted by atomic mass is 35.5. The van der Waals surface area contributed by atoms with E-state index in [1.807, 2.05) is 0 Å². The average Bonchev–Trinajstić information content (AvgIpc) is 2.29. The Hall–Kier alpha value is -1.81. The van der Waals surface area contributed by atoms with Crippen LogP contribution >= 0.6 is 11.6 Å². The fourth-order valence-electron chi connectivity index (χ4n) is 1.01. The van der Waals surface area contributed by atoms with E-state index in [2.05, 4.69) is 16.1 Å². The highest BCUT2D eigenvalue weighted by molar-refractivity contribution is 6.30. The van der Waals surface area contributed by atoms with Gasteiger partial charge in [-0.25, -0.2) is 9.59 Å². The zero-order valence-corrected chi connectivity index (χ0v) is 9.77. The Balaban J connectivity index is 2.49. The SMILES string of the molecule is C=CCCOC(=O)OC(=O)c1cccc(Cl)c1. The minimum Gasteiger partial charge on any atom is -0.434 e. The first-order chi connectivity index (χ1) is 8.13. The Bertz CT molecular complexity index is 428. The number of rotatable bonds is 4. The molecule has 90 valence electrons. The van der Waals surface area contributed by atoms with Crippen LogP contribution in [0.1, 0.15) is 16.8 Å². The van der Waals surface area contributed by atoms with Crippen LogP contribution in [0.2, 0.25) is 5.02 Å². The summed E-state index contributed by atoms with van der Waals surface area (Å²) in [5.74, 6) is -0.795. The molecule has 17 heavy (non-hydrogen) atoms. The minimum atomic E-state index is -1.03. The second-order valence-corrected chi connectivity index (χ2v) is 3.51. The van der Waals surface area contributed by atoms with E-state index in [9.17, 15) is 9.59 Å². The second-order valence-electron chi connectivity index (χ2n) is 3.08. The van der Waals surface area contributed by atoms with Crippen LogP contribution in [0.15, 0.2) is 36.9 Å². The fraction of sp³-hybridized carbons (Fsp3) is 0.167. The van der Waals surface area contributed by atoms with E-state index in [0.717, 1.165) is 0 Å². The molecule has 0 bridgehead atoms. The van der Waals surface area contributed by atoms with Crippen LogP contribution in [0.3, 0.4) is 0 Å². The Morgan fingerprint density at radius 1 is 1.41 bits per heavy atom. The molecule has 5 heteroatoms. The Kier molecular flexibility index (Phi) is 5.23. The molecular weight excluding hydrogens is 244 g/mol. The molecule has 0 saturated carbocycles. The lowest BCUT2D eigenvalue weighted by Gasteiger charge is -2.03. The van der Waals surface area contributed by atoms with Gasteiger partial charge in [0.25, 0.3) is 0 Å². The summed E-state index contributed by atoms with van der Waals surface area (Å²) < 4.78 is 9.06. The minimum absolute atomic E-state index is 0.130. The Morgan fingerprint density at radius 2 is 2.18 bits per heavy atom. The van der Waals surface area contributed by atoms with E-state index in [-0.39, 0.29) is 12.2 Å². The summed E-state index contributed by atoms with van der Waals surface area (Å²) in [6.07, 6.45) is 1.06. The van der Waals surface area contributed by atoms with Crippen LogP contribution in [0.5, 0.6) is 0 Å². The molecule has 0 aliphatic rings. The number of carbonyl (C=O) groups is 2. The standard InChI is InChI=1S/C12H11ClO4/c1-2-3-7-16-12(15)17-11(14)9-5-4-6-10(13)8-9/h2,4-6,8H,1,3,7H2. The van der Waals surface area contributed by atoms with Crippen molar-refractivity contribution in [3.05, 3.63) is 47.5 Å². The van der Waals surface area contributed by atoms with Crippen molar-refractivity contribution in [2.24, 2.45) is 0 Å². The van der Waals surface area contributed by atoms with Gasteiger partial charge in [0.15, 0.2) is 0 Å². The molecular formula is C12H11ClO4. The van der Waals surface area contributed by atoms with Crippen molar-refractivity contribution in [2.75, 3.05) is 6.61 Å². The number of halogens is 1. The van der Waals surface area contributed by atoms with Crippen LogP contribution < -0.4 is 0 Å². The summed E-state index contributed by atoms with van der Waals surface area (Å²) in [6, 6.07) is 6.09. The predicted molar refractivity (Wildman–Crippen MR) is 63.0 cm³/mol. The number of carbonyl (C=O) groups excluding carboxylic acids is 2. The van der Waals surface area contributed by atoms with Gasteiger partial charge in [-0.1, -0.05) is 23.7 Å². The van der Waals surface area contributed by atoms with E-state index in [1.165, 1.54) is 12.1 Å². The molecule has 0 unspecified atom stereocenters. The fourth-order valence-corrected chi connectivity index (χ4v) is 1.20. The molecule has 0 radical (unpaired) electrons. The maximum absolute atomic E-state index is 11.4. The summed E-state index contributed by atoms with van der Waals surface area (Å²) >= 11 is 5.69. The molecule has 0 heterocycles. The molecule has 0 aromatic heterocycles. The molecule has 1 aromatic rings. The summed E-state index contributed by atoms with van der Waals surface area (Å²) in [6.45, 7) is 3.59. The third kappa shape index (κ3) is 4.70. The van der Waals surface area contributed by atoms with E-state index in [4.69, 9.17) is 11.6 Å². The Morgan fingerprint density at radius 3 is 2.82 bits per heavy atom. The molecule has 0 aliphatic heterocycles. The van der Waals surface area contributed by atoms with Crippen LogP contribution in [0, 0.1) is 0 Å². The topological polar surface area (TPSA) is 52.6 Å². The lowest BCUT2D eigenvalue weighted by atomic mass is 10.2. The van der Waals surface area contributed by atoms with Crippen molar-refractivity contribution in [3.8, 4) is 0 Å². The molecule has 0 spiro atoms. The van der Waals surface area contributed by atoms with E-state index >= 15 is 0 Å². The largest absolute Gasteiger partial charge is 0.516 e. The number of esters is 1. The van der Waals surface area contributed by atoms with Gasteiger partial charge in [-0.3, -0.25) is 0 Å². The number of hydrogen-bond donors (Lipinski definition) is 0. The zero-order chi connectivity index (χ0) is 12.7. The van der Waals surface area contributed by atoms with Gasteiger partial charge in [0, 0.05) is 5.02 Å². The van der Waals surface area contributed by atoms with Crippen molar-refractivity contribution in [2.45, 2.75) is 6.42 Å². The molecule has 1 aromatic carbocycles. The van der Waals surface area contributed by atoms with E-state index in [1.54, 1.807) is 18.2 Å². The molecule has 0 N–H and O–H groups in total. The molecule has 4 nitrogen and oxygen atoms in total. The van der Waals surface area contributed by atoms with Crippen molar-refractivity contribution in [1.82, 2.24) is 0 Å². The quantitative estimate of drug-likeness (QED) is 0.358. The molecule has 1 rings (SSSR count). The van der Waals surface area contributed by atoms with Gasteiger partial charge in [-0.15, -0.1) is 6.58 Å². The Labute approximate surface area is 104 Å². The van der Waals surface area contributed by atoms with Gasteiger partial charge in [0.05, 0.1) is 12.2 Å². The second kappa shape index (κ2) is 6.70. The highest BCUT2D eigenvalue weighted by Gasteiger charge is 2.13. The molecule has 0 saturated heterocycles. The number of ether oxygens (including phenoxy) is 2. The van der Waals surface area contributed by atoms with Crippen molar-refractivity contribution < 1.29 is 19.1 Å². The monoisotopic (exact) mass is 254 g/mol. The van der Waals surface area contributed by atoms with E-state index in [0.29, 0.717) is 11.4 Å². The molecule has 0 amide bonds. The summed E-state index contributed by atoms with van der Waals surface area (Å²) in [5.41, 5.74) is 0.193. The summed E-state index contributed by atoms with van der Waals surface area (Å²) in [7, 11) is 0. The van der Waals surface area contributed by atoms with Gasteiger partial charge in [-0.2, -0.15) is 0 Å². The van der Waals surface area contributed by atoms with Gasteiger partial charge >= 0.3 is 12.1 Å². The van der Waals surface area contributed by atoms with Crippen molar-refractivity contribution in [3.63, 3.8) is 0 Å². The van der Waals surface area contributed by atoms with E-state index < -0.39 is 12.1 Å². The highest BCUT2D eigenvalue weighted by Crippen LogP contribution is 2.11. The summed E-state index contributed by atoms with van der Waals surface area (Å²) in [5, 5.41) is 0.388. The van der Waals surface area contributed by atoms with Crippen LogP contribution in [-0.4, -0.2) is 18.7 Å². The third-order valence-corrected chi connectivity index (χ3v) is 2.01. The first-order valence-corrected chi connectivity index (χ1v) is 5.26. The van der Waals surface area contributed by atoms with Gasteiger partial charge in [-0.05, 0) is 24.6 Å². The number of hydrogen-bond acceptors (Lipinski definition) is 4. The van der Waals surface area contributed by atoms with Crippen LogP contribution in [-0.2, 0) is 9.47 Å². The maximum atomic E-state index is 11.4. The molecule has 0 aliphatic carbocycles. The van der Waals surface area contributed by atoms with Gasteiger partial charge in [0.1, 0.15) is 0 Å². The van der Waals surface area contributed by atoms with Crippen LogP contribution in [0.4, 0.5) is 4.79 Å². The van der Waals surface area contributed by atoms with Crippen LogP contribution in [0.25, 0.3) is 0 Å². The predicted octanol–water partition coefficient (Wildman–Crippen LogP) is 3.21. The lowest BCUT2D eigenvalue weighted by molar-refractivity contribution is 0.0391. The average molecular weight is 255 g/mol. The number of benzene rings is 1. The van der Waals surface area contributed by atoms with Gasteiger partial charge < -0.3 is 9.47 Å². The third-order valence-electron chi connectivity index (χ3n) is 1.78.